The van der Waals surface area contributed by atoms with Crippen LogP contribution < -0.4 is 5.32 Å². The monoisotopic (exact) mass is 292 g/mol. The minimum atomic E-state index is -3.58. The number of hydrogen-bond acceptors (Lipinski definition) is 4. The molecule has 1 aromatic rings. The molecule has 18 heavy (non-hydrogen) atoms. The molecule has 0 aliphatic carbocycles. The van der Waals surface area contributed by atoms with Gasteiger partial charge in [0.15, 0.2) is 5.03 Å². The maximum absolute atomic E-state index is 12.4. The molecule has 1 aliphatic heterocycles. The Hall–Kier alpha value is -0.630. The van der Waals surface area contributed by atoms with Gasteiger partial charge in [-0.1, -0.05) is 11.6 Å². The highest BCUT2D eigenvalue weighted by molar-refractivity contribution is 7.89. The number of aryl methyl sites for hydroxylation is 1. The average molecular weight is 293 g/mol. The molecule has 1 N–H and O–H groups in total. The largest absolute Gasteiger partial charge is 0.313 e. The van der Waals surface area contributed by atoms with E-state index in [4.69, 9.17) is 11.6 Å². The van der Waals surface area contributed by atoms with Crippen LogP contribution in [0.2, 0.25) is 5.02 Å². The van der Waals surface area contributed by atoms with Crippen molar-refractivity contribution in [3.63, 3.8) is 0 Å². The van der Waals surface area contributed by atoms with Crippen molar-refractivity contribution in [1.29, 1.82) is 0 Å². The van der Waals surface area contributed by atoms with Crippen LogP contribution in [-0.4, -0.2) is 48.7 Å². The van der Waals surface area contributed by atoms with Gasteiger partial charge in [0, 0.05) is 26.7 Å². The second-order valence-electron chi connectivity index (χ2n) is 4.50. The molecule has 6 nitrogen and oxygen atoms in total. The Balaban J connectivity index is 2.20. The fourth-order valence-electron chi connectivity index (χ4n) is 2.16. The van der Waals surface area contributed by atoms with Crippen molar-refractivity contribution < 1.29 is 8.42 Å². The second-order valence-corrected chi connectivity index (χ2v) is 6.87. The van der Waals surface area contributed by atoms with E-state index in [1.807, 2.05) is 0 Å². The molecule has 1 unspecified atom stereocenters. The number of nitrogens with one attached hydrogen (secondary N) is 1. The zero-order valence-electron chi connectivity index (χ0n) is 10.4. The molecule has 1 atom stereocenters. The normalized spacial score (nSPS) is 20.8. The van der Waals surface area contributed by atoms with Gasteiger partial charge in [-0.3, -0.25) is 4.68 Å². The van der Waals surface area contributed by atoms with Crippen LogP contribution in [0.3, 0.4) is 0 Å². The van der Waals surface area contributed by atoms with Crippen molar-refractivity contribution in [2.45, 2.75) is 23.9 Å². The minimum absolute atomic E-state index is 0.0460. The molecule has 0 radical (unpaired) electrons. The molecule has 0 amide bonds. The van der Waals surface area contributed by atoms with E-state index in [2.05, 4.69) is 10.4 Å². The predicted octanol–water partition coefficient (Wildman–Crippen LogP) is 0.446. The van der Waals surface area contributed by atoms with Crippen molar-refractivity contribution in [2.24, 2.45) is 7.05 Å². The highest BCUT2D eigenvalue weighted by atomic mass is 35.5. The van der Waals surface area contributed by atoms with Gasteiger partial charge in [-0.05, 0) is 19.4 Å². The second kappa shape index (κ2) is 5.16. The molecule has 1 aromatic heterocycles. The summed E-state index contributed by atoms with van der Waals surface area (Å²) in [5.74, 6) is 0. The van der Waals surface area contributed by atoms with Gasteiger partial charge in [0.2, 0.25) is 0 Å². The lowest BCUT2D eigenvalue weighted by molar-refractivity contribution is 0.412. The van der Waals surface area contributed by atoms with Crippen LogP contribution in [0.5, 0.6) is 0 Å². The molecule has 0 spiro atoms. The van der Waals surface area contributed by atoms with Crippen LogP contribution in [0.15, 0.2) is 11.2 Å². The summed E-state index contributed by atoms with van der Waals surface area (Å²) < 4.78 is 27.4. The number of halogens is 1. The first-order valence-corrected chi connectivity index (χ1v) is 7.62. The lowest BCUT2D eigenvalue weighted by Gasteiger charge is -2.21. The first-order chi connectivity index (χ1) is 8.43. The number of hydrogen-bond donors (Lipinski definition) is 1. The Morgan fingerprint density at radius 1 is 1.67 bits per heavy atom. The van der Waals surface area contributed by atoms with Crippen LogP contribution >= 0.6 is 11.6 Å². The minimum Gasteiger partial charge on any atom is -0.313 e. The molecule has 102 valence electrons. The number of sulfonamides is 1. The van der Waals surface area contributed by atoms with E-state index in [0.29, 0.717) is 6.54 Å². The summed E-state index contributed by atoms with van der Waals surface area (Å²) in [6.45, 7) is 1.40. The lowest BCUT2D eigenvalue weighted by atomic mass is 10.2. The van der Waals surface area contributed by atoms with Crippen LogP contribution in [0.1, 0.15) is 12.8 Å². The summed E-state index contributed by atoms with van der Waals surface area (Å²) in [6.07, 6.45) is 3.43. The van der Waals surface area contributed by atoms with Gasteiger partial charge in [0.25, 0.3) is 10.0 Å². The molecule has 1 fully saturated rings. The fourth-order valence-corrected chi connectivity index (χ4v) is 3.97. The third-order valence-electron chi connectivity index (χ3n) is 3.14. The van der Waals surface area contributed by atoms with E-state index in [9.17, 15) is 8.42 Å². The highest BCUT2D eigenvalue weighted by Gasteiger charge is 2.29. The molecular formula is C10H17ClN4O2S. The quantitative estimate of drug-likeness (QED) is 0.875. The lowest BCUT2D eigenvalue weighted by Crippen LogP contribution is -2.39. The molecule has 2 heterocycles. The average Bonchev–Trinajstić information content (AvgIpc) is 2.89. The number of nitrogens with zero attached hydrogens (tertiary/aromatic N) is 3. The van der Waals surface area contributed by atoms with Crippen molar-refractivity contribution in [3.05, 3.63) is 11.2 Å². The Labute approximate surface area is 112 Å². The Bertz CT molecular complexity index is 502. The Morgan fingerprint density at radius 2 is 2.39 bits per heavy atom. The summed E-state index contributed by atoms with van der Waals surface area (Å²) in [7, 11) is -0.445. The molecule has 1 aliphatic rings. The maximum Gasteiger partial charge on any atom is 0.261 e. The Kier molecular flexibility index (Phi) is 3.96. The maximum atomic E-state index is 12.4. The SMILES string of the molecule is CN(CC1CCCN1)S(=O)(=O)c1c(Cl)cnn1C. The van der Waals surface area contributed by atoms with Crippen molar-refractivity contribution in [1.82, 2.24) is 19.4 Å². The van der Waals surface area contributed by atoms with Gasteiger partial charge in [-0.25, -0.2) is 8.42 Å². The number of likely N-dealkylation sites (N-methyl/N-ethyl adjacent to an activating group) is 1. The van der Waals surface area contributed by atoms with Crippen LogP contribution in [0, 0.1) is 0 Å². The highest BCUT2D eigenvalue weighted by Crippen LogP contribution is 2.23. The molecule has 8 heteroatoms. The Morgan fingerprint density at radius 3 is 2.89 bits per heavy atom. The third-order valence-corrected chi connectivity index (χ3v) is 5.47. The van der Waals surface area contributed by atoms with Crippen molar-refractivity contribution in [2.75, 3.05) is 20.1 Å². The zero-order chi connectivity index (χ0) is 13.3. The van der Waals surface area contributed by atoms with Crippen molar-refractivity contribution >= 4 is 21.6 Å². The molecule has 0 saturated carbocycles. The summed E-state index contributed by atoms with van der Waals surface area (Å²) >= 11 is 5.89. The van der Waals surface area contributed by atoms with Crippen molar-refractivity contribution in [3.8, 4) is 0 Å². The van der Waals surface area contributed by atoms with Gasteiger partial charge in [0.05, 0.1) is 11.2 Å². The summed E-state index contributed by atoms with van der Waals surface area (Å²) in [6, 6.07) is 0.219. The van der Waals surface area contributed by atoms with E-state index in [0.717, 1.165) is 19.4 Å². The number of rotatable bonds is 4. The first kappa shape index (κ1) is 13.8. The van der Waals surface area contributed by atoms with Gasteiger partial charge >= 0.3 is 0 Å². The summed E-state index contributed by atoms with van der Waals surface area (Å²) in [4.78, 5) is 0. The van der Waals surface area contributed by atoms with E-state index in [1.54, 1.807) is 14.1 Å². The standard InChI is InChI=1S/C10H17ClN4O2S/c1-14(7-8-4-3-5-12-8)18(16,17)10-9(11)6-13-15(10)2/h6,8,12H,3-5,7H2,1-2H3. The third kappa shape index (κ3) is 2.54. The van der Waals surface area contributed by atoms with Gasteiger partial charge in [0.1, 0.15) is 0 Å². The van der Waals surface area contributed by atoms with Crippen LogP contribution in [0.25, 0.3) is 0 Å². The van der Waals surface area contributed by atoms with Gasteiger partial charge in [-0.15, -0.1) is 0 Å². The number of aromatic nitrogens is 2. The molecule has 0 bridgehead atoms. The fraction of sp³-hybridized carbons (Fsp3) is 0.700. The summed E-state index contributed by atoms with van der Waals surface area (Å²) in [5.41, 5.74) is 0. The van der Waals surface area contributed by atoms with Gasteiger partial charge < -0.3 is 5.32 Å². The molecular weight excluding hydrogens is 276 g/mol. The van der Waals surface area contributed by atoms with Crippen LogP contribution in [0.4, 0.5) is 0 Å². The molecule has 0 aromatic carbocycles. The van der Waals surface area contributed by atoms with E-state index >= 15 is 0 Å². The topological polar surface area (TPSA) is 67.2 Å². The smallest absolute Gasteiger partial charge is 0.261 e. The molecule has 1 saturated heterocycles. The summed E-state index contributed by atoms with van der Waals surface area (Å²) in [5, 5.41) is 7.33. The first-order valence-electron chi connectivity index (χ1n) is 5.80. The van der Waals surface area contributed by atoms with E-state index in [1.165, 1.54) is 15.2 Å². The van der Waals surface area contributed by atoms with E-state index < -0.39 is 10.0 Å². The van der Waals surface area contributed by atoms with Gasteiger partial charge in [-0.2, -0.15) is 9.40 Å². The van der Waals surface area contributed by atoms with Crippen LogP contribution in [-0.2, 0) is 17.1 Å². The zero-order valence-corrected chi connectivity index (χ0v) is 12.0. The van der Waals surface area contributed by atoms with E-state index in [-0.39, 0.29) is 16.1 Å². The molecule has 2 rings (SSSR count). The predicted molar refractivity (Wildman–Crippen MR) is 69.1 cm³/mol.